The van der Waals surface area contributed by atoms with Gasteiger partial charge in [0.15, 0.2) is 0 Å². The molecule has 1 aromatic heterocycles. The molecule has 22 heavy (non-hydrogen) atoms. The summed E-state index contributed by atoms with van der Waals surface area (Å²) in [7, 11) is 0. The lowest BCUT2D eigenvalue weighted by Crippen LogP contribution is -2.12. The average molecular weight is 295 g/mol. The number of para-hydroxylation sites is 1. The van der Waals surface area contributed by atoms with E-state index >= 15 is 0 Å². The van der Waals surface area contributed by atoms with Gasteiger partial charge in [-0.2, -0.15) is 0 Å². The van der Waals surface area contributed by atoms with Crippen LogP contribution in [0.4, 0.5) is 11.4 Å². The van der Waals surface area contributed by atoms with Gasteiger partial charge in [-0.05, 0) is 25.3 Å². The van der Waals surface area contributed by atoms with Crippen molar-refractivity contribution in [2.45, 2.75) is 39.5 Å². The summed E-state index contributed by atoms with van der Waals surface area (Å²) in [5.41, 5.74) is 9.36. The molecule has 1 amide bonds. The zero-order chi connectivity index (χ0) is 15.9. The van der Waals surface area contributed by atoms with Gasteiger partial charge < -0.3 is 11.1 Å². The number of nitrogen functional groups attached to an aromatic ring is 1. The number of carbonyl (C=O) groups excluding carboxylic acids is 1. The van der Waals surface area contributed by atoms with Crippen molar-refractivity contribution in [2.75, 3.05) is 11.1 Å². The van der Waals surface area contributed by atoms with E-state index in [1.54, 1.807) is 6.20 Å². The van der Waals surface area contributed by atoms with E-state index in [2.05, 4.69) is 22.1 Å². The summed E-state index contributed by atoms with van der Waals surface area (Å²) < 4.78 is 0. The van der Waals surface area contributed by atoms with Crippen molar-refractivity contribution in [3.63, 3.8) is 0 Å². The highest BCUT2D eigenvalue weighted by Gasteiger charge is 2.10. The minimum Gasteiger partial charge on any atom is -0.396 e. The molecule has 0 aliphatic heterocycles. The Morgan fingerprint density at radius 1 is 1.41 bits per heavy atom. The van der Waals surface area contributed by atoms with Gasteiger partial charge in [-0.3, -0.25) is 9.78 Å². The minimum atomic E-state index is -0.0373. The topological polar surface area (TPSA) is 68.0 Å². The van der Waals surface area contributed by atoms with Crippen molar-refractivity contribution in [3.8, 4) is 11.8 Å². The van der Waals surface area contributed by atoms with Crippen molar-refractivity contribution in [2.24, 2.45) is 0 Å². The molecule has 0 aliphatic rings. The number of hydrogen-bond donors (Lipinski definition) is 2. The first kappa shape index (κ1) is 15.8. The second kappa shape index (κ2) is 7.46. The maximum absolute atomic E-state index is 11.7. The number of nitrogens with zero attached hydrogens (tertiary/aromatic N) is 1. The van der Waals surface area contributed by atoms with Crippen LogP contribution in [0.3, 0.4) is 0 Å². The lowest BCUT2D eigenvalue weighted by atomic mass is 10.0. The van der Waals surface area contributed by atoms with Crippen LogP contribution >= 0.6 is 0 Å². The van der Waals surface area contributed by atoms with Gasteiger partial charge in [-0.1, -0.05) is 25.1 Å². The summed E-state index contributed by atoms with van der Waals surface area (Å²) in [5.74, 6) is 5.92. The van der Waals surface area contributed by atoms with Crippen molar-refractivity contribution in [1.29, 1.82) is 0 Å². The molecule has 3 N–H and O–H groups in total. The lowest BCUT2D eigenvalue weighted by molar-refractivity contribution is -0.116. The van der Waals surface area contributed by atoms with Gasteiger partial charge in [0.2, 0.25) is 5.91 Å². The van der Waals surface area contributed by atoms with Crippen LogP contribution in [0.5, 0.6) is 0 Å². The Kier molecular flexibility index (Phi) is 5.37. The molecule has 0 saturated carbocycles. The van der Waals surface area contributed by atoms with Crippen LogP contribution in [0.25, 0.3) is 10.9 Å². The Balaban J connectivity index is 2.35. The molecular weight excluding hydrogens is 274 g/mol. The predicted octanol–water partition coefficient (Wildman–Crippen LogP) is 3.51. The van der Waals surface area contributed by atoms with Crippen LogP contribution in [0, 0.1) is 11.8 Å². The van der Waals surface area contributed by atoms with E-state index in [9.17, 15) is 4.79 Å². The number of anilines is 2. The summed E-state index contributed by atoms with van der Waals surface area (Å²) in [6.45, 7) is 3.80. The highest BCUT2D eigenvalue weighted by atomic mass is 16.1. The summed E-state index contributed by atoms with van der Waals surface area (Å²) in [4.78, 5) is 16.2. The number of aryl methyl sites for hydroxylation is 1. The van der Waals surface area contributed by atoms with Gasteiger partial charge in [-0.15, -0.1) is 11.8 Å². The SMILES string of the molecule is CC#CCCc1cccc2c(N)c(NC(=O)CCC)cnc12. The van der Waals surface area contributed by atoms with E-state index in [0.29, 0.717) is 17.8 Å². The molecule has 0 atom stereocenters. The van der Waals surface area contributed by atoms with E-state index in [0.717, 1.165) is 35.7 Å². The van der Waals surface area contributed by atoms with Crippen molar-refractivity contribution in [1.82, 2.24) is 4.98 Å². The maximum Gasteiger partial charge on any atom is 0.224 e. The molecule has 0 spiro atoms. The minimum absolute atomic E-state index is 0.0373. The standard InChI is InChI=1S/C18H21N3O/c1-3-5-6-9-13-10-7-11-14-17(19)15(12-20-18(13)14)21-16(22)8-4-2/h7,10-12H,4,6,8-9H2,1-2H3,(H2,19,20)(H,21,22). The molecule has 1 aromatic carbocycles. The number of nitrogens with one attached hydrogen (secondary N) is 1. The van der Waals surface area contributed by atoms with Crippen LogP contribution in [0.1, 0.15) is 38.7 Å². The van der Waals surface area contributed by atoms with Gasteiger partial charge in [0.05, 0.1) is 23.1 Å². The molecule has 2 aromatic rings. The second-order valence-corrected chi connectivity index (χ2v) is 5.12. The van der Waals surface area contributed by atoms with Crippen LogP contribution in [0.15, 0.2) is 24.4 Å². The fourth-order valence-corrected chi connectivity index (χ4v) is 2.37. The third kappa shape index (κ3) is 3.56. The van der Waals surface area contributed by atoms with Crippen LogP contribution in [0.2, 0.25) is 0 Å². The van der Waals surface area contributed by atoms with Crippen LogP contribution in [-0.2, 0) is 11.2 Å². The molecular formula is C18H21N3O. The van der Waals surface area contributed by atoms with E-state index in [1.165, 1.54) is 0 Å². The highest BCUT2D eigenvalue weighted by molar-refractivity contribution is 6.02. The maximum atomic E-state index is 11.7. The fraction of sp³-hybridized carbons (Fsp3) is 0.333. The second-order valence-electron chi connectivity index (χ2n) is 5.12. The normalized spacial score (nSPS) is 10.1. The first-order valence-corrected chi connectivity index (χ1v) is 7.53. The summed E-state index contributed by atoms with van der Waals surface area (Å²) >= 11 is 0. The first-order valence-electron chi connectivity index (χ1n) is 7.53. The van der Waals surface area contributed by atoms with E-state index < -0.39 is 0 Å². The lowest BCUT2D eigenvalue weighted by Gasteiger charge is -2.12. The third-order valence-corrected chi connectivity index (χ3v) is 3.47. The number of hydrogen-bond acceptors (Lipinski definition) is 3. The molecule has 1 heterocycles. The zero-order valence-electron chi connectivity index (χ0n) is 13.1. The van der Waals surface area contributed by atoms with Crippen molar-refractivity contribution in [3.05, 3.63) is 30.0 Å². The van der Waals surface area contributed by atoms with Gasteiger partial charge in [0.1, 0.15) is 0 Å². The fourth-order valence-electron chi connectivity index (χ4n) is 2.37. The number of pyridine rings is 1. The summed E-state index contributed by atoms with van der Waals surface area (Å²) in [6, 6.07) is 5.94. The number of benzene rings is 1. The van der Waals surface area contributed by atoms with Gasteiger partial charge >= 0.3 is 0 Å². The number of nitrogens with two attached hydrogens (primary N) is 1. The number of aromatic nitrogens is 1. The molecule has 114 valence electrons. The van der Waals surface area contributed by atoms with Crippen LogP contribution in [-0.4, -0.2) is 10.9 Å². The van der Waals surface area contributed by atoms with Gasteiger partial charge in [0.25, 0.3) is 0 Å². The first-order chi connectivity index (χ1) is 10.7. The Bertz CT molecular complexity index is 741. The molecule has 0 unspecified atom stereocenters. The van der Waals surface area contributed by atoms with Gasteiger partial charge in [0, 0.05) is 18.2 Å². The molecule has 0 saturated heterocycles. The molecule has 4 heteroatoms. The smallest absolute Gasteiger partial charge is 0.224 e. The highest BCUT2D eigenvalue weighted by Crippen LogP contribution is 2.29. The zero-order valence-corrected chi connectivity index (χ0v) is 13.1. The number of amides is 1. The van der Waals surface area contributed by atoms with E-state index in [-0.39, 0.29) is 5.91 Å². The molecule has 0 fully saturated rings. The number of fused-ring (bicyclic) bond motifs is 1. The van der Waals surface area contributed by atoms with Crippen LogP contribution < -0.4 is 11.1 Å². The largest absolute Gasteiger partial charge is 0.396 e. The van der Waals surface area contributed by atoms with Crippen molar-refractivity contribution < 1.29 is 4.79 Å². The van der Waals surface area contributed by atoms with Crippen molar-refractivity contribution >= 4 is 28.2 Å². The molecule has 0 aliphatic carbocycles. The molecule has 4 nitrogen and oxygen atoms in total. The molecule has 0 radical (unpaired) electrons. The molecule has 2 rings (SSSR count). The monoisotopic (exact) mass is 295 g/mol. The van der Waals surface area contributed by atoms with E-state index in [1.807, 2.05) is 32.0 Å². The Hall–Kier alpha value is -2.54. The Morgan fingerprint density at radius 3 is 2.95 bits per heavy atom. The third-order valence-electron chi connectivity index (χ3n) is 3.47. The summed E-state index contributed by atoms with van der Waals surface area (Å²) in [5, 5.41) is 3.70. The quantitative estimate of drug-likeness (QED) is 0.829. The Morgan fingerprint density at radius 2 is 2.23 bits per heavy atom. The number of carbonyl (C=O) groups is 1. The predicted molar refractivity (Wildman–Crippen MR) is 91.5 cm³/mol. The number of rotatable bonds is 5. The van der Waals surface area contributed by atoms with E-state index in [4.69, 9.17) is 5.73 Å². The average Bonchev–Trinajstić information content (AvgIpc) is 2.51. The van der Waals surface area contributed by atoms with Gasteiger partial charge in [-0.25, -0.2) is 0 Å². The summed E-state index contributed by atoms with van der Waals surface area (Å²) in [6.07, 6.45) is 4.56. The molecule has 0 bridgehead atoms. The Labute approximate surface area is 131 Å².